The molecule has 0 aliphatic carbocycles. The summed E-state index contributed by atoms with van der Waals surface area (Å²) in [7, 11) is 0. The number of phenolic OH excluding ortho intramolecular Hbond substituents is 1. The zero-order valence-electron chi connectivity index (χ0n) is 11.7. The molecule has 22 heavy (non-hydrogen) atoms. The average Bonchev–Trinajstić information content (AvgIpc) is 2.53. The van der Waals surface area contributed by atoms with Gasteiger partial charge in [-0.15, -0.1) is 10.2 Å². The van der Waals surface area contributed by atoms with Crippen molar-refractivity contribution in [3.63, 3.8) is 0 Å². The summed E-state index contributed by atoms with van der Waals surface area (Å²) < 4.78 is 0. The van der Waals surface area contributed by atoms with E-state index < -0.39 is 0 Å². The second-order valence-electron chi connectivity index (χ2n) is 4.68. The summed E-state index contributed by atoms with van der Waals surface area (Å²) in [5.74, 6) is 0.249. The minimum atomic E-state index is -0.333. The molecule has 0 spiro atoms. The number of nitrogens with zero attached hydrogens (tertiary/aromatic N) is 3. The van der Waals surface area contributed by atoms with E-state index in [1.54, 1.807) is 13.0 Å². The van der Waals surface area contributed by atoms with E-state index in [1.807, 2.05) is 30.3 Å². The van der Waals surface area contributed by atoms with E-state index in [0.717, 1.165) is 10.8 Å². The SMILES string of the molecule is Cc1nnc(NN=Cc2c(O)ccc3ccccc23)[nH]c1=O. The van der Waals surface area contributed by atoms with Gasteiger partial charge < -0.3 is 5.11 Å². The lowest BCUT2D eigenvalue weighted by molar-refractivity contribution is 0.475. The Kier molecular flexibility index (Phi) is 3.53. The number of hydrogen-bond donors (Lipinski definition) is 3. The van der Waals surface area contributed by atoms with Crippen molar-refractivity contribution in [1.29, 1.82) is 0 Å². The van der Waals surface area contributed by atoms with Crippen LogP contribution in [-0.2, 0) is 0 Å². The van der Waals surface area contributed by atoms with Crippen molar-refractivity contribution in [3.05, 3.63) is 58.0 Å². The molecule has 0 saturated heterocycles. The van der Waals surface area contributed by atoms with Crippen LogP contribution in [0.25, 0.3) is 10.8 Å². The van der Waals surface area contributed by atoms with E-state index >= 15 is 0 Å². The average molecular weight is 295 g/mol. The Morgan fingerprint density at radius 3 is 2.86 bits per heavy atom. The molecule has 0 unspecified atom stereocenters. The van der Waals surface area contributed by atoms with Crippen LogP contribution in [0.1, 0.15) is 11.3 Å². The molecule has 0 saturated carbocycles. The second-order valence-corrected chi connectivity index (χ2v) is 4.68. The molecule has 0 atom stereocenters. The third kappa shape index (κ3) is 2.64. The number of rotatable bonds is 3. The van der Waals surface area contributed by atoms with E-state index in [9.17, 15) is 9.90 Å². The smallest absolute Gasteiger partial charge is 0.274 e. The molecule has 1 heterocycles. The summed E-state index contributed by atoms with van der Waals surface area (Å²) in [6.45, 7) is 1.56. The van der Waals surface area contributed by atoms with Crippen LogP contribution in [0.5, 0.6) is 5.75 Å². The number of H-pyrrole nitrogens is 1. The van der Waals surface area contributed by atoms with E-state index in [2.05, 4.69) is 25.7 Å². The van der Waals surface area contributed by atoms with Gasteiger partial charge in [0.15, 0.2) is 0 Å². The number of anilines is 1. The zero-order chi connectivity index (χ0) is 15.5. The predicted octanol–water partition coefficient (Wildman–Crippen LogP) is 1.78. The van der Waals surface area contributed by atoms with Crippen molar-refractivity contribution in [2.75, 3.05) is 5.43 Å². The van der Waals surface area contributed by atoms with Crippen molar-refractivity contribution in [1.82, 2.24) is 15.2 Å². The van der Waals surface area contributed by atoms with Gasteiger partial charge in [-0.25, -0.2) is 5.43 Å². The molecule has 3 rings (SSSR count). The van der Waals surface area contributed by atoms with E-state index in [1.165, 1.54) is 6.21 Å². The van der Waals surface area contributed by atoms with Crippen LogP contribution in [0.2, 0.25) is 0 Å². The molecule has 0 amide bonds. The molecule has 0 aliphatic heterocycles. The molecule has 7 nitrogen and oxygen atoms in total. The largest absolute Gasteiger partial charge is 0.507 e. The summed E-state index contributed by atoms with van der Waals surface area (Å²) >= 11 is 0. The standard InChI is InChI=1S/C15H13N5O2/c1-9-14(22)17-15(20-18-9)19-16-8-12-11-5-3-2-4-10(11)6-7-13(12)21/h2-8,21H,1H3,(H2,17,19,20,22). The molecule has 110 valence electrons. The third-order valence-electron chi connectivity index (χ3n) is 3.17. The lowest BCUT2D eigenvalue weighted by atomic mass is 10.0. The van der Waals surface area contributed by atoms with Crippen LogP contribution in [0.15, 0.2) is 46.3 Å². The summed E-state index contributed by atoms with van der Waals surface area (Å²) in [5, 5.41) is 23.3. The molecule has 0 radical (unpaired) electrons. The second kappa shape index (κ2) is 5.65. The minimum absolute atomic E-state index is 0.118. The maximum atomic E-state index is 11.4. The minimum Gasteiger partial charge on any atom is -0.507 e. The van der Waals surface area contributed by atoms with Crippen molar-refractivity contribution >= 4 is 22.9 Å². The Hall–Kier alpha value is -3.22. The van der Waals surface area contributed by atoms with Crippen molar-refractivity contribution < 1.29 is 5.11 Å². The molecule has 0 fully saturated rings. The van der Waals surface area contributed by atoms with Gasteiger partial charge in [-0.3, -0.25) is 9.78 Å². The van der Waals surface area contributed by atoms with Crippen molar-refractivity contribution in [3.8, 4) is 5.75 Å². The fraction of sp³-hybridized carbons (Fsp3) is 0.0667. The summed E-state index contributed by atoms with van der Waals surface area (Å²) in [6.07, 6.45) is 1.47. The number of aromatic nitrogens is 3. The first-order valence-electron chi connectivity index (χ1n) is 6.58. The summed E-state index contributed by atoms with van der Waals surface area (Å²) in [6, 6.07) is 11.1. The highest BCUT2D eigenvalue weighted by atomic mass is 16.3. The number of fused-ring (bicyclic) bond motifs is 1. The van der Waals surface area contributed by atoms with Crippen LogP contribution < -0.4 is 11.0 Å². The molecule has 7 heteroatoms. The monoisotopic (exact) mass is 295 g/mol. The Labute approximate surface area is 125 Å². The predicted molar refractivity (Wildman–Crippen MR) is 84.2 cm³/mol. The molecule has 0 bridgehead atoms. The third-order valence-corrected chi connectivity index (χ3v) is 3.17. The molecular weight excluding hydrogens is 282 g/mol. The highest BCUT2D eigenvalue weighted by Crippen LogP contribution is 2.25. The van der Waals surface area contributed by atoms with Crippen LogP contribution in [0, 0.1) is 6.92 Å². The number of phenols is 1. The number of nitrogens with one attached hydrogen (secondary N) is 2. The number of hydrazone groups is 1. The van der Waals surface area contributed by atoms with Gasteiger partial charge in [0.25, 0.3) is 5.56 Å². The van der Waals surface area contributed by atoms with Gasteiger partial charge in [0.1, 0.15) is 11.4 Å². The molecule has 1 aromatic heterocycles. The van der Waals surface area contributed by atoms with Crippen molar-refractivity contribution in [2.45, 2.75) is 6.92 Å². The van der Waals surface area contributed by atoms with Crippen LogP contribution >= 0.6 is 0 Å². The van der Waals surface area contributed by atoms with E-state index in [0.29, 0.717) is 5.56 Å². The van der Waals surface area contributed by atoms with Gasteiger partial charge in [-0.1, -0.05) is 30.3 Å². The van der Waals surface area contributed by atoms with Gasteiger partial charge in [0, 0.05) is 5.56 Å². The number of aromatic amines is 1. The topological polar surface area (TPSA) is 103 Å². The normalized spacial score (nSPS) is 11.1. The molecule has 2 aromatic carbocycles. The Morgan fingerprint density at radius 1 is 1.23 bits per heavy atom. The first kappa shape index (κ1) is 13.7. The van der Waals surface area contributed by atoms with Crippen molar-refractivity contribution in [2.24, 2.45) is 5.10 Å². The van der Waals surface area contributed by atoms with Crippen LogP contribution in [0.4, 0.5) is 5.95 Å². The van der Waals surface area contributed by atoms with E-state index in [4.69, 9.17) is 0 Å². The van der Waals surface area contributed by atoms with Gasteiger partial charge in [-0.05, 0) is 23.8 Å². The number of aromatic hydroxyl groups is 1. The fourth-order valence-corrected chi connectivity index (χ4v) is 2.02. The first-order valence-corrected chi connectivity index (χ1v) is 6.58. The van der Waals surface area contributed by atoms with Crippen LogP contribution in [-0.4, -0.2) is 26.5 Å². The quantitative estimate of drug-likeness (QED) is 0.505. The van der Waals surface area contributed by atoms with E-state index in [-0.39, 0.29) is 23.0 Å². The maximum Gasteiger partial charge on any atom is 0.274 e. The lowest BCUT2D eigenvalue weighted by Gasteiger charge is -2.04. The summed E-state index contributed by atoms with van der Waals surface area (Å²) in [5.41, 5.74) is 3.11. The molecular formula is C15H13N5O2. The van der Waals surface area contributed by atoms with Gasteiger partial charge in [0.05, 0.1) is 6.21 Å². The molecule has 3 aromatic rings. The van der Waals surface area contributed by atoms with Gasteiger partial charge in [0.2, 0.25) is 5.95 Å². The number of aryl methyl sites for hydroxylation is 1. The Bertz CT molecular complexity index is 917. The highest BCUT2D eigenvalue weighted by Gasteiger charge is 2.04. The van der Waals surface area contributed by atoms with Crippen LogP contribution in [0.3, 0.4) is 0 Å². The Morgan fingerprint density at radius 2 is 2.05 bits per heavy atom. The van der Waals surface area contributed by atoms with Gasteiger partial charge >= 0.3 is 0 Å². The fourth-order valence-electron chi connectivity index (χ4n) is 2.02. The first-order chi connectivity index (χ1) is 10.6. The van der Waals surface area contributed by atoms with Gasteiger partial charge in [-0.2, -0.15) is 5.10 Å². The highest BCUT2D eigenvalue weighted by molar-refractivity contribution is 6.02. The zero-order valence-corrected chi connectivity index (χ0v) is 11.7. The molecule has 3 N–H and O–H groups in total. The number of benzene rings is 2. The lowest BCUT2D eigenvalue weighted by Crippen LogP contribution is -2.15. The number of hydrogen-bond acceptors (Lipinski definition) is 6. The maximum absolute atomic E-state index is 11.4. The Balaban J connectivity index is 1.91. The molecule has 0 aliphatic rings. The summed E-state index contributed by atoms with van der Waals surface area (Å²) in [4.78, 5) is 13.9.